The van der Waals surface area contributed by atoms with E-state index in [9.17, 15) is 24.0 Å². The maximum atomic E-state index is 12.3. The zero-order valence-electron chi connectivity index (χ0n) is 16.0. The summed E-state index contributed by atoms with van der Waals surface area (Å²) in [5, 5.41) is 4.49. The molecule has 0 aliphatic heterocycles. The lowest BCUT2D eigenvalue weighted by Crippen LogP contribution is -2.44. The Morgan fingerprint density at radius 3 is 2.50 bits per heavy atom. The molecule has 3 amide bonds. The van der Waals surface area contributed by atoms with Crippen molar-refractivity contribution < 1.29 is 19.1 Å². The van der Waals surface area contributed by atoms with Crippen molar-refractivity contribution >= 4 is 29.1 Å². The molecule has 0 unspecified atom stereocenters. The Morgan fingerprint density at radius 2 is 1.86 bits per heavy atom. The Labute approximate surface area is 159 Å². The predicted molar refractivity (Wildman–Crippen MR) is 97.6 cm³/mol. The van der Waals surface area contributed by atoms with Crippen LogP contribution in [0.15, 0.2) is 15.9 Å². The van der Waals surface area contributed by atoms with Crippen LogP contribution in [-0.2, 0) is 35.0 Å². The number of urea groups is 1. The molecule has 2 rings (SSSR count). The fourth-order valence-corrected chi connectivity index (χ4v) is 2.46. The fraction of sp³-hybridized carbons (Fsp3) is 0.500. The average molecular weight is 394 g/mol. The number of fused-ring (bicyclic) bond motifs is 1. The van der Waals surface area contributed by atoms with Crippen LogP contribution in [0.4, 0.5) is 4.79 Å². The van der Waals surface area contributed by atoms with E-state index >= 15 is 0 Å². The van der Waals surface area contributed by atoms with Crippen LogP contribution >= 0.6 is 0 Å². The van der Waals surface area contributed by atoms with Gasteiger partial charge in [-0.1, -0.05) is 0 Å². The molecule has 0 aliphatic rings. The molecule has 2 aromatic heterocycles. The van der Waals surface area contributed by atoms with E-state index in [1.807, 2.05) is 5.32 Å². The van der Waals surface area contributed by atoms with Gasteiger partial charge in [-0.2, -0.15) is 0 Å². The third-order valence-electron chi connectivity index (χ3n) is 3.81. The second kappa shape index (κ2) is 8.50. The fourth-order valence-electron chi connectivity index (χ4n) is 2.46. The van der Waals surface area contributed by atoms with E-state index in [0.29, 0.717) is 0 Å². The lowest BCUT2D eigenvalue weighted by Gasteiger charge is -2.09. The van der Waals surface area contributed by atoms with Gasteiger partial charge in [-0.05, 0) is 13.8 Å². The minimum Gasteiger partial charge on any atom is -0.456 e. The molecule has 0 bridgehead atoms. The number of imide groups is 1. The molecule has 0 radical (unpaired) electrons. The van der Waals surface area contributed by atoms with Gasteiger partial charge in [-0.15, -0.1) is 0 Å². The molecule has 0 saturated carbocycles. The van der Waals surface area contributed by atoms with Gasteiger partial charge in [0.15, 0.2) is 17.8 Å². The van der Waals surface area contributed by atoms with Crippen molar-refractivity contribution in [2.45, 2.75) is 32.9 Å². The van der Waals surface area contributed by atoms with Gasteiger partial charge in [0.25, 0.3) is 11.5 Å². The van der Waals surface area contributed by atoms with Gasteiger partial charge < -0.3 is 14.6 Å². The summed E-state index contributed by atoms with van der Waals surface area (Å²) in [6.07, 6.45) is 1.21. The Hall–Kier alpha value is -3.44. The Balaban J connectivity index is 1.95. The standard InChI is InChI=1S/C16H22N6O6/c1-9(2)18-15(26)19-10(23)7-28-11(24)5-6-22-8-17-13-12(22)14(25)21(4)16(27)20(13)3/h8-9H,5-7H2,1-4H3,(H2,18,19,23,26). The lowest BCUT2D eigenvalue weighted by molar-refractivity contribution is -0.148. The molecule has 0 aliphatic carbocycles. The van der Waals surface area contributed by atoms with Crippen molar-refractivity contribution in [2.75, 3.05) is 6.61 Å². The summed E-state index contributed by atoms with van der Waals surface area (Å²) in [5.74, 6) is -1.45. The van der Waals surface area contributed by atoms with E-state index in [2.05, 4.69) is 10.3 Å². The largest absolute Gasteiger partial charge is 0.456 e. The molecule has 12 heteroatoms. The number of aryl methyl sites for hydroxylation is 2. The highest BCUT2D eigenvalue weighted by Crippen LogP contribution is 2.06. The summed E-state index contributed by atoms with van der Waals surface area (Å²) in [6.45, 7) is 2.92. The third kappa shape index (κ3) is 4.64. The van der Waals surface area contributed by atoms with E-state index in [4.69, 9.17) is 4.74 Å². The minimum absolute atomic E-state index is 0.0677. The SMILES string of the molecule is CC(C)NC(=O)NC(=O)COC(=O)CCn1cnc2c1c(=O)n(C)c(=O)n2C. The Bertz CT molecular complexity index is 1030. The molecule has 2 N–H and O–H groups in total. The molecule has 28 heavy (non-hydrogen) atoms. The zero-order valence-corrected chi connectivity index (χ0v) is 16.0. The Kier molecular flexibility index (Phi) is 6.33. The first-order valence-corrected chi connectivity index (χ1v) is 8.48. The molecule has 0 atom stereocenters. The number of aromatic nitrogens is 4. The van der Waals surface area contributed by atoms with Crippen molar-refractivity contribution in [1.82, 2.24) is 29.3 Å². The monoisotopic (exact) mass is 394 g/mol. The van der Waals surface area contributed by atoms with Gasteiger partial charge >= 0.3 is 17.7 Å². The highest BCUT2D eigenvalue weighted by molar-refractivity contribution is 5.95. The first-order chi connectivity index (χ1) is 13.1. The summed E-state index contributed by atoms with van der Waals surface area (Å²) in [6, 6.07) is -0.824. The van der Waals surface area contributed by atoms with Crippen LogP contribution in [0.5, 0.6) is 0 Å². The van der Waals surface area contributed by atoms with Crippen molar-refractivity contribution in [3.05, 3.63) is 27.2 Å². The molecule has 0 aromatic carbocycles. The van der Waals surface area contributed by atoms with Crippen molar-refractivity contribution in [3.63, 3.8) is 0 Å². The van der Waals surface area contributed by atoms with Crippen LogP contribution in [0.25, 0.3) is 11.2 Å². The zero-order chi connectivity index (χ0) is 21.0. The number of nitrogens with zero attached hydrogens (tertiary/aromatic N) is 4. The number of imidazole rings is 1. The van der Waals surface area contributed by atoms with Crippen molar-refractivity contribution in [1.29, 1.82) is 0 Å². The van der Waals surface area contributed by atoms with Crippen molar-refractivity contribution in [2.24, 2.45) is 14.1 Å². The first kappa shape index (κ1) is 20.9. The number of rotatable bonds is 6. The van der Waals surface area contributed by atoms with Crippen LogP contribution < -0.4 is 21.9 Å². The maximum Gasteiger partial charge on any atom is 0.332 e. The number of hydrogen-bond donors (Lipinski definition) is 2. The van der Waals surface area contributed by atoms with Crippen LogP contribution in [0.1, 0.15) is 20.3 Å². The maximum absolute atomic E-state index is 12.3. The first-order valence-electron chi connectivity index (χ1n) is 8.48. The molecule has 0 spiro atoms. The second-order valence-electron chi connectivity index (χ2n) is 6.40. The van der Waals surface area contributed by atoms with Crippen LogP contribution in [-0.4, -0.2) is 49.2 Å². The summed E-state index contributed by atoms with van der Waals surface area (Å²) in [7, 11) is 2.84. The summed E-state index contributed by atoms with van der Waals surface area (Å²) in [4.78, 5) is 63.0. The molecular formula is C16H22N6O6. The van der Waals surface area contributed by atoms with Gasteiger partial charge in [0.05, 0.1) is 12.7 Å². The van der Waals surface area contributed by atoms with Crippen LogP contribution in [0.2, 0.25) is 0 Å². The van der Waals surface area contributed by atoms with Gasteiger partial charge in [-0.3, -0.25) is 28.8 Å². The van der Waals surface area contributed by atoms with Gasteiger partial charge in [0.1, 0.15) is 0 Å². The molecular weight excluding hydrogens is 372 g/mol. The van der Waals surface area contributed by atoms with Crippen molar-refractivity contribution in [3.8, 4) is 0 Å². The predicted octanol–water partition coefficient (Wildman–Crippen LogP) is -1.40. The van der Waals surface area contributed by atoms with E-state index in [0.717, 1.165) is 4.57 Å². The number of carbonyl (C=O) groups excluding carboxylic acids is 3. The number of ether oxygens (including phenoxy) is 1. The van der Waals surface area contributed by atoms with E-state index in [-0.39, 0.29) is 30.2 Å². The van der Waals surface area contributed by atoms with Gasteiger partial charge in [0, 0.05) is 26.7 Å². The summed E-state index contributed by atoms with van der Waals surface area (Å²) < 4.78 is 8.44. The number of esters is 1. The van der Waals surface area contributed by atoms with Gasteiger partial charge in [0.2, 0.25) is 0 Å². The minimum atomic E-state index is -0.761. The third-order valence-corrected chi connectivity index (χ3v) is 3.81. The number of nitrogens with one attached hydrogen (secondary N) is 2. The van der Waals surface area contributed by atoms with E-state index < -0.39 is 35.8 Å². The molecule has 0 saturated heterocycles. The second-order valence-corrected chi connectivity index (χ2v) is 6.40. The smallest absolute Gasteiger partial charge is 0.332 e. The van der Waals surface area contributed by atoms with E-state index in [1.165, 1.54) is 29.6 Å². The Morgan fingerprint density at radius 1 is 1.18 bits per heavy atom. The highest BCUT2D eigenvalue weighted by Gasteiger charge is 2.16. The molecule has 0 fully saturated rings. The normalized spacial score (nSPS) is 10.9. The highest BCUT2D eigenvalue weighted by atomic mass is 16.5. The lowest BCUT2D eigenvalue weighted by atomic mass is 10.4. The number of hydrogen-bond acceptors (Lipinski definition) is 7. The number of amides is 3. The van der Waals surface area contributed by atoms with E-state index in [1.54, 1.807) is 13.8 Å². The molecule has 12 nitrogen and oxygen atoms in total. The topological polar surface area (TPSA) is 146 Å². The number of carbonyl (C=O) groups is 3. The van der Waals surface area contributed by atoms with Crippen LogP contribution in [0, 0.1) is 0 Å². The molecule has 2 aromatic rings. The molecule has 2 heterocycles. The van der Waals surface area contributed by atoms with Gasteiger partial charge in [-0.25, -0.2) is 14.6 Å². The summed E-state index contributed by atoms with van der Waals surface area (Å²) in [5.41, 5.74) is -0.647. The molecule has 152 valence electrons. The summed E-state index contributed by atoms with van der Waals surface area (Å²) >= 11 is 0. The quantitative estimate of drug-likeness (QED) is 0.573. The van der Waals surface area contributed by atoms with Crippen LogP contribution in [0.3, 0.4) is 0 Å². The average Bonchev–Trinajstić information content (AvgIpc) is 3.04.